The molecule has 7 heteroatoms. The van der Waals surface area contributed by atoms with Crippen molar-refractivity contribution in [3.05, 3.63) is 75.2 Å². The Kier molecular flexibility index (Phi) is 4.97. The summed E-state index contributed by atoms with van der Waals surface area (Å²) in [5, 5.41) is 3.01. The topological polar surface area (TPSA) is 73.1 Å². The number of anilines is 1. The SMILES string of the molecule is CCCn1c(=O)c2ccccc2n(CC(=O)Nc2ccc(F)cc2)c1=O. The Morgan fingerprint density at radius 2 is 1.73 bits per heavy atom. The molecule has 1 heterocycles. The van der Waals surface area contributed by atoms with E-state index < -0.39 is 17.4 Å². The van der Waals surface area contributed by atoms with Gasteiger partial charge in [-0.15, -0.1) is 0 Å². The van der Waals surface area contributed by atoms with Gasteiger partial charge in [-0.25, -0.2) is 9.18 Å². The van der Waals surface area contributed by atoms with Crippen molar-refractivity contribution in [3.63, 3.8) is 0 Å². The van der Waals surface area contributed by atoms with Crippen LogP contribution in [0.1, 0.15) is 13.3 Å². The number of hydrogen-bond donors (Lipinski definition) is 1. The van der Waals surface area contributed by atoms with Crippen LogP contribution in [0, 0.1) is 5.82 Å². The van der Waals surface area contributed by atoms with Crippen molar-refractivity contribution in [2.24, 2.45) is 0 Å². The lowest BCUT2D eigenvalue weighted by Crippen LogP contribution is -2.41. The van der Waals surface area contributed by atoms with E-state index in [1.807, 2.05) is 6.92 Å². The second kappa shape index (κ2) is 7.35. The summed E-state index contributed by atoms with van der Waals surface area (Å²) in [4.78, 5) is 37.6. The van der Waals surface area contributed by atoms with Crippen LogP contribution < -0.4 is 16.6 Å². The predicted octanol–water partition coefficient (Wildman–Crippen LogP) is 2.35. The van der Waals surface area contributed by atoms with Crippen molar-refractivity contribution < 1.29 is 9.18 Å². The first-order valence-corrected chi connectivity index (χ1v) is 8.29. The zero-order valence-corrected chi connectivity index (χ0v) is 14.2. The zero-order chi connectivity index (χ0) is 18.7. The van der Waals surface area contributed by atoms with E-state index in [9.17, 15) is 18.8 Å². The Balaban J connectivity index is 2.01. The van der Waals surface area contributed by atoms with E-state index in [1.54, 1.807) is 24.3 Å². The number of halogens is 1. The van der Waals surface area contributed by atoms with Gasteiger partial charge >= 0.3 is 5.69 Å². The number of para-hydroxylation sites is 1. The highest BCUT2D eigenvalue weighted by Gasteiger charge is 2.14. The minimum absolute atomic E-state index is 0.249. The molecular weight excluding hydrogens is 337 g/mol. The van der Waals surface area contributed by atoms with Crippen LogP contribution in [0.4, 0.5) is 10.1 Å². The molecule has 0 unspecified atom stereocenters. The molecule has 1 amide bonds. The highest BCUT2D eigenvalue weighted by Crippen LogP contribution is 2.10. The van der Waals surface area contributed by atoms with Gasteiger partial charge < -0.3 is 5.32 Å². The molecule has 0 aliphatic heterocycles. The van der Waals surface area contributed by atoms with Crippen LogP contribution >= 0.6 is 0 Å². The minimum atomic E-state index is -0.523. The molecular formula is C19H18FN3O3. The Labute approximate surface area is 148 Å². The average Bonchev–Trinajstić information content (AvgIpc) is 2.64. The molecule has 2 aromatic carbocycles. The maximum atomic E-state index is 13.0. The summed E-state index contributed by atoms with van der Waals surface area (Å²) >= 11 is 0. The highest BCUT2D eigenvalue weighted by atomic mass is 19.1. The fraction of sp³-hybridized carbons (Fsp3) is 0.211. The molecule has 26 heavy (non-hydrogen) atoms. The first kappa shape index (κ1) is 17.6. The lowest BCUT2D eigenvalue weighted by Gasteiger charge is -2.13. The molecule has 0 radical (unpaired) electrons. The van der Waals surface area contributed by atoms with E-state index in [0.717, 1.165) is 4.57 Å². The zero-order valence-electron chi connectivity index (χ0n) is 14.2. The molecule has 0 saturated heterocycles. The molecule has 6 nitrogen and oxygen atoms in total. The highest BCUT2D eigenvalue weighted by molar-refractivity contribution is 5.91. The Morgan fingerprint density at radius 3 is 2.42 bits per heavy atom. The summed E-state index contributed by atoms with van der Waals surface area (Å²) in [6, 6.07) is 12.0. The van der Waals surface area contributed by atoms with Gasteiger partial charge in [0, 0.05) is 12.2 Å². The summed E-state index contributed by atoms with van der Waals surface area (Å²) < 4.78 is 15.4. The minimum Gasteiger partial charge on any atom is -0.325 e. The summed E-state index contributed by atoms with van der Waals surface area (Å²) in [6.07, 6.45) is 0.620. The van der Waals surface area contributed by atoms with Crippen LogP contribution in [-0.2, 0) is 17.9 Å². The number of amides is 1. The molecule has 1 aromatic heterocycles. The third-order valence-corrected chi connectivity index (χ3v) is 4.01. The number of aromatic nitrogens is 2. The second-order valence-corrected chi connectivity index (χ2v) is 5.90. The molecule has 0 aliphatic carbocycles. The van der Waals surface area contributed by atoms with Crippen LogP contribution in [0.3, 0.4) is 0 Å². The van der Waals surface area contributed by atoms with Crippen molar-refractivity contribution in [2.75, 3.05) is 5.32 Å². The molecule has 0 aliphatic rings. The number of rotatable bonds is 5. The van der Waals surface area contributed by atoms with Gasteiger partial charge in [0.05, 0.1) is 10.9 Å². The van der Waals surface area contributed by atoms with Crippen LogP contribution in [-0.4, -0.2) is 15.0 Å². The third kappa shape index (κ3) is 3.42. The Bertz CT molecular complexity index is 1070. The fourth-order valence-corrected chi connectivity index (χ4v) is 2.82. The number of fused-ring (bicyclic) bond motifs is 1. The maximum absolute atomic E-state index is 13.0. The number of nitrogens with one attached hydrogen (secondary N) is 1. The standard InChI is InChI=1S/C19H18FN3O3/c1-2-11-22-18(25)15-5-3-4-6-16(15)23(19(22)26)12-17(24)21-14-9-7-13(20)8-10-14/h3-10H,2,11-12H2,1H3,(H,21,24). The first-order chi connectivity index (χ1) is 12.5. The van der Waals surface area contributed by atoms with Gasteiger partial charge in [-0.05, 0) is 42.8 Å². The number of carbonyl (C=O) groups is 1. The molecule has 0 spiro atoms. The summed E-state index contributed by atoms with van der Waals surface area (Å²) in [6.45, 7) is 1.90. The molecule has 0 saturated carbocycles. The van der Waals surface area contributed by atoms with E-state index in [-0.39, 0.29) is 18.6 Å². The van der Waals surface area contributed by atoms with Gasteiger partial charge in [0.15, 0.2) is 0 Å². The van der Waals surface area contributed by atoms with Gasteiger partial charge in [0.2, 0.25) is 5.91 Å². The Hall–Kier alpha value is -3.22. The van der Waals surface area contributed by atoms with Gasteiger partial charge in [-0.2, -0.15) is 0 Å². The number of benzene rings is 2. The lowest BCUT2D eigenvalue weighted by atomic mass is 10.2. The second-order valence-electron chi connectivity index (χ2n) is 5.90. The van der Waals surface area contributed by atoms with E-state index in [0.29, 0.717) is 23.0 Å². The van der Waals surface area contributed by atoms with Crippen molar-refractivity contribution in [1.82, 2.24) is 9.13 Å². The number of nitrogens with zero attached hydrogens (tertiary/aromatic N) is 2. The molecule has 0 atom stereocenters. The van der Waals surface area contributed by atoms with Crippen LogP contribution in [0.15, 0.2) is 58.1 Å². The predicted molar refractivity (Wildman–Crippen MR) is 97.8 cm³/mol. The smallest absolute Gasteiger partial charge is 0.325 e. The van der Waals surface area contributed by atoms with Gasteiger partial charge in [0.25, 0.3) is 5.56 Å². The lowest BCUT2D eigenvalue weighted by molar-refractivity contribution is -0.116. The van der Waals surface area contributed by atoms with Crippen LogP contribution in [0.5, 0.6) is 0 Å². The van der Waals surface area contributed by atoms with Crippen molar-refractivity contribution in [1.29, 1.82) is 0 Å². The maximum Gasteiger partial charge on any atom is 0.331 e. The van der Waals surface area contributed by atoms with E-state index in [1.165, 1.54) is 28.8 Å². The first-order valence-electron chi connectivity index (χ1n) is 8.29. The van der Waals surface area contributed by atoms with E-state index >= 15 is 0 Å². The van der Waals surface area contributed by atoms with Gasteiger partial charge in [-0.3, -0.25) is 18.7 Å². The van der Waals surface area contributed by atoms with Gasteiger partial charge in [0.1, 0.15) is 12.4 Å². The van der Waals surface area contributed by atoms with Crippen molar-refractivity contribution >= 4 is 22.5 Å². The number of carbonyl (C=O) groups excluding carboxylic acids is 1. The molecule has 3 aromatic rings. The summed E-state index contributed by atoms with van der Waals surface area (Å²) in [7, 11) is 0. The fourth-order valence-electron chi connectivity index (χ4n) is 2.82. The average molecular weight is 355 g/mol. The molecule has 1 N–H and O–H groups in total. The largest absolute Gasteiger partial charge is 0.331 e. The molecule has 3 rings (SSSR count). The van der Waals surface area contributed by atoms with E-state index in [2.05, 4.69) is 5.32 Å². The van der Waals surface area contributed by atoms with Crippen molar-refractivity contribution in [3.8, 4) is 0 Å². The third-order valence-electron chi connectivity index (χ3n) is 4.01. The van der Waals surface area contributed by atoms with E-state index in [4.69, 9.17) is 0 Å². The molecule has 134 valence electrons. The quantitative estimate of drug-likeness (QED) is 0.764. The van der Waals surface area contributed by atoms with Crippen LogP contribution in [0.2, 0.25) is 0 Å². The normalized spacial score (nSPS) is 10.8. The van der Waals surface area contributed by atoms with Gasteiger partial charge in [-0.1, -0.05) is 19.1 Å². The summed E-state index contributed by atoms with van der Waals surface area (Å²) in [5.41, 5.74) is -0.0489. The molecule has 0 bridgehead atoms. The summed E-state index contributed by atoms with van der Waals surface area (Å²) in [5.74, 6) is -0.845. The number of hydrogen-bond acceptors (Lipinski definition) is 3. The van der Waals surface area contributed by atoms with Crippen molar-refractivity contribution in [2.45, 2.75) is 26.4 Å². The Morgan fingerprint density at radius 1 is 1.04 bits per heavy atom. The molecule has 0 fully saturated rings. The monoisotopic (exact) mass is 355 g/mol. The van der Waals surface area contributed by atoms with Crippen LogP contribution in [0.25, 0.3) is 10.9 Å².